The van der Waals surface area contributed by atoms with Crippen LogP contribution in [0.2, 0.25) is 0 Å². The number of rotatable bonds is 2. The van der Waals surface area contributed by atoms with E-state index in [9.17, 15) is 35.9 Å². The zero-order chi connectivity index (χ0) is 17.4. The third-order valence-corrected chi connectivity index (χ3v) is 2.61. The number of hydrogen-bond donors (Lipinski definition) is 3. The molecule has 2 rings (SSSR count). The zero-order valence-electron chi connectivity index (χ0n) is 10.8. The maximum Gasteiger partial charge on any atom is 0.416 e. The SMILES string of the molecule is O=C(Nc1cc(C(F)(F)F)cc(C(F)(F)F)c1)c1n[nH][nH]c1=O. The number of halogens is 6. The number of carbonyl (C=O) groups excluding carboxylic acids is 1. The maximum absolute atomic E-state index is 12.7. The summed E-state index contributed by atoms with van der Waals surface area (Å²) in [5.41, 5.74) is -5.70. The molecule has 0 atom stereocenters. The van der Waals surface area contributed by atoms with Gasteiger partial charge in [-0.1, -0.05) is 0 Å². The van der Waals surface area contributed by atoms with Gasteiger partial charge in [0, 0.05) is 5.69 Å². The molecule has 124 valence electrons. The first-order valence-corrected chi connectivity index (χ1v) is 5.72. The van der Waals surface area contributed by atoms with Crippen molar-refractivity contribution in [1.82, 2.24) is 15.4 Å². The van der Waals surface area contributed by atoms with Gasteiger partial charge in [-0.25, -0.2) is 10.3 Å². The molecule has 1 aromatic heterocycles. The van der Waals surface area contributed by atoms with Gasteiger partial charge in [-0.05, 0) is 18.2 Å². The van der Waals surface area contributed by atoms with Crippen LogP contribution in [0.25, 0.3) is 0 Å². The molecule has 0 bridgehead atoms. The molecule has 0 aliphatic rings. The van der Waals surface area contributed by atoms with E-state index < -0.39 is 46.3 Å². The van der Waals surface area contributed by atoms with Crippen LogP contribution in [0, 0.1) is 0 Å². The van der Waals surface area contributed by atoms with Crippen LogP contribution in [0.1, 0.15) is 21.6 Å². The summed E-state index contributed by atoms with van der Waals surface area (Å²) in [6.07, 6.45) is -10.1. The van der Waals surface area contributed by atoms with Gasteiger partial charge in [0.25, 0.3) is 11.5 Å². The summed E-state index contributed by atoms with van der Waals surface area (Å²) < 4.78 is 76.0. The number of hydrogen-bond acceptors (Lipinski definition) is 3. The molecule has 6 nitrogen and oxygen atoms in total. The van der Waals surface area contributed by atoms with Crippen molar-refractivity contribution in [3.05, 3.63) is 45.4 Å². The van der Waals surface area contributed by atoms with E-state index in [4.69, 9.17) is 0 Å². The van der Waals surface area contributed by atoms with Crippen molar-refractivity contribution in [3.63, 3.8) is 0 Å². The third-order valence-electron chi connectivity index (χ3n) is 2.61. The van der Waals surface area contributed by atoms with Crippen molar-refractivity contribution >= 4 is 11.6 Å². The van der Waals surface area contributed by atoms with E-state index in [1.54, 1.807) is 5.32 Å². The molecule has 0 aliphatic carbocycles. The van der Waals surface area contributed by atoms with Crippen LogP contribution in [-0.4, -0.2) is 21.3 Å². The van der Waals surface area contributed by atoms with Gasteiger partial charge in [0.15, 0.2) is 0 Å². The number of nitrogens with zero attached hydrogens (tertiary/aromatic N) is 1. The van der Waals surface area contributed by atoms with E-state index in [-0.39, 0.29) is 6.07 Å². The highest BCUT2D eigenvalue weighted by molar-refractivity contribution is 6.02. The Morgan fingerprint density at radius 3 is 1.91 bits per heavy atom. The second-order valence-electron chi connectivity index (χ2n) is 4.28. The van der Waals surface area contributed by atoms with Gasteiger partial charge in [0.05, 0.1) is 11.1 Å². The summed E-state index contributed by atoms with van der Waals surface area (Å²) in [6.45, 7) is 0. The topological polar surface area (TPSA) is 90.6 Å². The van der Waals surface area contributed by atoms with E-state index in [2.05, 4.69) is 5.10 Å². The molecule has 0 saturated carbocycles. The molecule has 0 aliphatic heterocycles. The van der Waals surface area contributed by atoms with E-state index >= 15 is 0 Å². The molecule has 0 unspecified atom stereocenters. The molecule has 12 heteroatoms. The van der Waals surface area contributed by atoms with Crippen molar-refractivity contribution in [1.29, 1.82) is 0 Å². The Morgan fingerprint density at radius 1 is 1.00 bits per heavy atom. The first kappa shape index (κ1) is 16.6. The van der Waals surface area contributed by atoms with Gasteiger partial charge in [-0.3, -0.25) is 9.59 Å². The lowest BCUT2D eigenvalue weighted by Gasteiger charge is -2.14. The smallest absolute Gasteiger partial charge is 0.320 e. The van der Waals surface area contributed by atoms with Crippen molar-refractivity contribution < 1.29 is 31.1 Å². The highest BCUT2D eigenvalue weighted by atomic mass is 19.4. The van der Waals surface area contributed by atoms with Gasteiger partial charge >= 0.3 is 12.4 Å². The highest BCUT2D eigenvalue weighted by Crippen LogP contribution is 2.37. The molecule has 0 fully saturated rings. The average Bonchev–Trinajstić information content (AvgIpc) is 2.82. The molecule has 23 heavy (non-hydrogen) atoms. The normalized spacial score (nSPS) is 12.3. The fourth-order valence-corrected chi connectivity index (χ4v) is 1.62. The Hall–Kier alpha value is -2.79. The number of carbonyl (C=O) groups is 1. The van der Waals surface area contributed by atoms with Gasteiger partial charge in [-0.2, -0.15) is 26.3 Å². The van der Waals surface area contributed by atoms with Gasteiger partial charge in [0.1, 0.15) is 0 Å². The first-order valence-electron chi connectivity index (χ1n) is 5.72. The van der Waals surface area contributed by atoms with Crippen LogP contribution in [0.5, 0.6) is 0 Å². The van der Waals surface area contributed by atoms with Crippen LogP contribution < -0.4 is 10.9 Å². The van der Waals surface area contributed by atoms with Crippen molar-refractivity contribution in [2.75, 3.05) is 5.32 Å². The quantitative estimate of drug-likeness (QED) is 0.733. The fourth-order valence-electron chi connectivity index (χ4n) is 1.62. The lowest BCUT2D eigenvalue weighted by molar-refractivity contribution is -0.143. The van der Waals surface area contributed by atoms with Crippen LogP contribution in [0.3, 0.4) is 0 Å². The minimum Gasteiger partial charge on any atom is -0.320 e. The van der Waals surface area contributed by atoms with Crippen LogP contribution >= 0.6 is 0 Å². The van der Waals surface area contributed by atoms with Crippen molar-refractivity contribution in [2.45, 2.75) is 12.4 Å². The minimum absolute atomic E-state index is 0.0863. The minimum atomic E-state index is -5.05. The molecule has 1 heterocycles. The Balaban J connectivity index is 2.44. The molecular weight excluding hydrogens is 334 g/mol. The Labute approximate surface area is 122 Å². The Bertz CT molecular complexity index is 757. The number of aromatic amines is 2. The summed E-state index contributed by atoms with van der Waals surface area (Å²) in [4.78, 5) is 22.8. The second kappa shape index (κ2) is 5.44. The predicted molar refractivity (Wildman–Crippen MR) is 63.6 cm³/mol. The van der Waals surface area contributed by atoms with Crippen molar-refractivity contribution in [3.8, 4) is 0 Å². The molecule has 0 spiro atoms. The number of anilines is 1. The van der Waals surface area contributed by atoms with Crippen LogP contribution in [-0.2, 0) is 12.4 Å². The van der Waals surface area contributed by atoms with E-state index in [0.29, 0.717) is 12.1 Å². The highest BCUT2D eigenvalue weighted by Gasteiger charge is 2.37. The Morgan fingerprint density at radius 2 is 1.52 bits per heavy atom. The summed E-state index contributed by atoms with van der Waals surface area (Å²) >= 11 is 0. The summed E-state index contributed by atoms with van der Waals surface area (Å²) in [6, 6.07) is 0.541. The van der Waals surface area contributed by atoms with E-state index in [1.165, 1.54) is 0 Å². The summed E-state index contributed by atoms with van der Waals surface area (Å²) in [7, 11) is 0. The molecule has 1 amide bonds. The maximum atomic E-state index is 12.7. The molecule has 0 radical (unpaired) electrons. The number of benzene rings is 1. The van der Waals surface area contributed by atoms with E-state index in [0.717, 1.165) is 0 Å². The number of alkyl halides is 6. The molecule has 1 aromatic carbocycles. The summed E-state index contributed by atoms with van der Waals surface area (Å²) in [5, 5.41) is 8.80. The van der Waals surface area contributed by atoms with Crippen LogP contribution in [0.4, 0.5) is 32.0 Å². The largest absolute Gasteiger partial charge is 0.416 e. The van der Waals surface area contributed by atoms with Gasteiger partial charge in [-0.15, -0.1) is 5.10 Å². The van der Waals surface area contributed by atoms with Crippen LogP contribution in [0.15, 0.2) is 23.0 Å². The molecular formula is C11H6F6N4O2. The van der Waals surface area contributed by atoms with E-state index in [1.807, 2.05) is 10.3 Å². The summed E-state index contributed by atoms with van der Waals surface area (Å²) in [5.74, 6) is -1.26. The first-order chi connectivity index (χ1) is 10.5. The number of amides is 1. The predicted octanol–water partition coefficient (Wildman–Crippen LogP) is 2.39. The number of H-pyrrole nitrogens is 2. The molecule has 2 aromatic rings. The monoisotopic (exact) mass is 340 g/mol. The van der Waals surface area contributed by atoms with Crippen molar-refractivity contribution in [2.24, 2.45) is 0 Å². The zero-order valence-corrected chi connectivity index (χ0v) is 10.8. The molecule has 3 N–H and O–H groups in total. The average molecular weight is 340 g/mol. The lowest BCUT2D eigenvalue weighted by atomic mass is 10.1. The van der Waals surface area contributed by atoms with Gasteiger partial charge in [0.2, 0.25) is 5.69 Å². The number of nitrogens with one attached hydrogen (secondary N) is 3. The standard InChI is InChI=1S/C11H6F6N4O2/c12-10(13,14)4-1-5(11(15,16)17)3-6(2-4)18-8(22)7-9(23)20-21-19-7/h1-3H,(H,18,22)(H2,19,20,21,23). The number of aromatic nitrogens is 3. The lowest BCUT2D eigenvalue weighted by Crippen LogP contribution is -2.21. The van der Waals surface area contributed by atoms with Gasteiger partial charge < -0.3 is 5.32 Å². The Kier molecular flexibility index (Phi) is 3.92. The second-order valence-corrected chi connectivity index (χ2v) is 4.28. The molecule has 0 saturated heterocycles. The fraction of sp³-hybridized carbons (Fsp3) is 0.182. The third kappa shape index (κ3) is 3.70.